The second-order valence-corrected chi connectivity index (χ2v) is 5.08. The highest BCUT2D eigenvalue weighted by Gasteiger charge is 2.27. The molecule has 1 N–H and O–H groups in total. The summed E-state index contributed by atoms with van der Waals surface area (Å²) in [7, 11) is 0. The van der Waals surface area contributed by atoms with E-state index in [-0.39, 0.29) is 18.2 Å². The summed E-state index contributed by atoms with van der Waals surface area (Å²) in [6.45, 7) is 6.45. The fourth-order valence-electron chi connectivity index (χ4n) is 2.36. The normalized spacial score (nSPS) is 18.0. The maximum absolute atomic E-state index is 12.1. The maximum atomic E-state index is 12.1. The van der Waals surface area contributed by atoms with E-state index in [0.29, 0.717) is 32.9 Å². The summed E-state index contributed by atoms with van der Waals surface area (Å²) in [5, 5.41) is 8.76. The SMILES string of the molecule is CCOCCOC(C)C(=O)N1CCC(CC(=O)O)CC1. The van der Waals surface area contributed by atoms with Crippen molar-refractivity contribution >= 4 is 11.9 Å². The Morgan fingerprint density at radius 1 is 1.30 bits per heavy atom. The van der Waals surface area contributed by atoms with Gasteiger partial charge in [-0.2, -0.15) is 0 Å². The fourth-order valence-corrected chi connectivity index (χ4v) is 2.36. The number of rotatable bonds is 8. The molecule has 0 aromatic rings. The summed E-state index contributed by atoms with van der Waals surface area (Å²) >= 11 is 0. The molecule has 0 aliphatic carbocycles. The molecule has 1 amide bonds. The number of hydrogen-bond acceptors (Lipinski definition) is 4. The number of aliphatic carboxylic acids is 1. The van der Waals surface area contributed by atoms with Crippen LogP contribution in [0.25, 0.3) is 0 Å². The van der Waals surface area contributed by atoms with Crippen molar-refractivity contribution in [2.75, 3.05) is 32.9 Å². The van der Waals surface area contributed by atoms with Crippen LogP contribution in [0.1, 0.15) is 33.1 Å². The number of piperidine rings is 1. The van der Waals surface area contributed by atoms with Gasteiger partial charge in [-0.1, -0.05) is 0 Å². The number of carbonyl (C=O) groups excluding carboxylic acids is 1. The van der Waals surface area contributed by atoms with Gasteiger partial charge in [0.2, 0.25) is 0 Å². The lowest BCUT2D eigenvalue weighted by Gasteiger charge is -2.33. The summed E-state index contributed by atoms with van der Waals surface area (Å²) < 4.78 is 10.6. The van der Waals surface area contributed by atoms with Gasteiger partial charge in [-0.25, -0.2) is 0 Å². The molecule has 1 rings (SSSR count). The minimum Gasteiger partial charge on any atom is -0.481 e. The number of carboxylic acid groups (broad SMARTS) is 1. The van der Waals surface area contributed by atoms with E-state index < -0.39 is 12.1 Å². The molecule has 1 heterocycles. The van der Waals surface area contributed by atoms with Crippen LogP contribution in [0.4, 0.5) is 0 Å². The van der Waals surface area contributed by atoms with Gasteiger partial charge in [0.25, 0.3) is 5.91 Å². The van der Waals surface area contributed by atoms with Gasteiger partial charge in [-0.05, 0) is 32.6 Å². The Labute approximate surface area is 120 Å². The highest BCUT2D eigenvalue weighted by molar-refractivity contribution is 5.80. The van der Waals surface area contributed by atoms with Gasteiger partial charge in [0.05, 0.1) is 13.2 Å². The Hall–Kier alpha value is -1.14. The Balaban J connectivity index is 2.25. The van der Waals surface area contributed by atoms with Gasteiger partial charge in [0.1, 0.15) is 6.10 Å². The number of ether oxygens (including phenoxy) is 2. The zero-order valence-electron chi connectivity index (χ0n) is 12.3. The van der Waals surface area contributed by atoms with E-state index in [4.69, 9.17) is 14.6 Å². The molecule has 0 radical (unpaired) electrons. The van der Waals surface area contributed by atoms with Crippen molar-refractivity contribution in [3.8, 4) is 0 Å². The van der Waals surface area contributed by atoms with Crippen LogP contribution in [-0.2, 0) is 19.1 Å². The first-order valence-corrected chi connectivity index (χ1v) is 7.24. The Bertz CT molecular complexity index is 313. The van der Waals surface area contributed by atoms with Crippen molar-refractivity contribution in [1.29, 1.82) is 0 Å². The quantitative estimate of drug-likeness (QED) is 0.678. The van der Waals surface area contributed by atoms with Crippen molar-refractivity contribution in [2.24, 2.45) is 5.92 Å². The van der Waals surface area contributed by atoms with Gasteiger partial charge in [0.15, 0.2) is 0 Å². The van der Waals surface area contributed by atoms with Crippen LogP contribution in [0.15, 0.2) is 0 Å². The molecule has 0 bridgehead atoms. The van der Waals surface area contributed by atoms with Crippen LogP contribution in [0.2, 0.25) is 0 Å². The minimum absolute atomic E-state index is 0.0183. The first kappa shape index (κ1) is 16.9. The molecule has 0 saturated carbocycles. The third-order valence-electron chi connectivity index (χ3n) is 3.54. The summed E-state index contributed by atoms with van der Waals surface area (Å²) in [5.74, 6) is -0.594. The van der Waals surface area contributed by atoms with Crippen molar-refractivity contribution in [1.82, 2.24) is 4.90 Å². The van der Waals surface area contributed by atoms with Crippen LogP contribution < -0.4 is 0 Å². The Kier molecular flexibility index (Phi) is 7.54. The number of amides is 1. The molecule has 1 atom stereocenters. The first-order chi connectivity index (χ1) is 9.54. The van der Waals surface area contributed by atoms with Crippen molar-refractivity contribution in [2.45, 2.75) is 39.2 Å². The van der Waals surface area contributed by atoms with E-state index in [2.05, 4.69) is 0 Å². The molecule has 20 heavy (non-hydrogen) atoms. The largest absolute Gasteiger partial charge is 0.481 e. The first-order valence-electron chi connectivity index (χ1n) is 7.24. The summed E-state index contributed by atoms with van der Waals surface area (Å²) in [6, 6.07) is 0. The highest BCUT2D eigenvalue weighted by atomic mass is 16.5. The summed E-state index contributed by atoms with van der Waals surface area (Å²) in [5.41, 5.74) is 0. The van der Waals surface area contributed by atoms with E-state index in [1.165, 1.54) is 0 Å². The molecule has 0 spiro atoms. The van der Waals surface area contributed by atoms with Crippen LogP contribution in [-0.4, -0.2) is 60.9 Å². The second-order valence-electron chi connectivity index (χ2n) is 5.08. The van der Waals surface area contributed by atoms with Gasteiger partial charge >= 0.3 is 5.97 Å². The average Bonchev–Trinajstić information content (AvgIpc) is 2.43. The van der Waals surface area contributed by atoms with E-state index in [0.717, 1.165) is 12.8 Å². The summed E-state index contributed by atoms with van der Waals surface area (Å²) in [6.07, 6.45) is 1.24. The van der Waals surface area contributed by atoms with Crippen LogP contribution in [0.3, 0.4) is 0 Å². The number of likely N-dealkylation sites (tertiary alicyclic amines) is 1. The van der Waals surface area contributed by atoms with Crippen LogP contribution in [0.5, 0.6) is 0 Å². The predicted molar refractivity (Wildman–Crippen MR) is 73.5 cm³/mol. The lowest BCUT2D eigenvalue weighted by Crippen LogP contribution is -2.44. The van der Waals surface area contributed by atoms with Gasteiger partial charge in [0, 0.05) is 26.1 Å². The Morgan fingerprint density at radius 3 is 2.50 bits per heavy atom. The van der Waals surface area contributed by atoms with E-state index in [1.54, 1.807) is 11.8 Å². The number of carbonyl (C=O) groups is 2. The lowest BCUT2D eigenvalue weighted by molar-refractivity contribution is -0.145. The zero-order valence-corrected chi connectivity index (χ0v) is 12.3. The standard InChI is InChI=1S/C14H25NO5/c1-3-19-8-9-20-11(2)14(18)15-6-4-12(5-7-15)10-13(16)17/h11-12H,3-10H2,1-2H3,(H,16,17). The molecular formula is C14H25NO5. The van der Waals surface area contributed by atoms with Crippen LogP contribution >= 0.6 is 0 Å². The summed E-state index contributed by atoms with van der Waals surface area (Å²) in [4.78, 5) is 24.6. The molecule has 1 fully saturated rings. The molecule has 1 aliphatic rings. The topological polar surface area (TPSA) is 76.1 Å². The number of carboxylic acids is 1. The van der Waals surface area contributed by atoms with Crippen LogP contribution in [0, 0.1) is 5.92 Å². The molecule has 6 nitrogen and oxygen atoms in total. The maximum Gasteiger partial charge on any atom is 0.303 e. The van der Waals surface area contributed by atoms with Gasteiger partial charge in [-0.15, -0.1) is 0 Å². The highest BCUT2D eigenvalue weighted by Crippen LogP contribution is 2.21. The zero-order chi connectivity index (χ0) is 15.0. The fraction of sp³-hybridized carbons (Fsp3) is 0.857. The van der Waals surface area contributed by atoms with Crippen molar-refractivity contribution in [3.05, 3.63) is 0 Å². The monoisotopic (exact) mass is 287 g/mol. The molecular weight excluding hydrogens is 262 g/mol. The van der Waals surface area contributed by atoms with Crippen molar-refractivity contribution in [3.63, 3.8) is 0 Å². The van der Waals surface area contributed by atoms with Crippen molar-refractivity contribution < 1.29 is 24.2 Å². The van der Waals surface area contributed by atoms with E-state index in [1.807, 2.05) is 6.92 Å². The third-order valence-corrected chi connectivity index (χ3v) is 3.54. The smallest absolute Gasteiger partial charge is 0.303 e. The lowest BCUT2D eigenvalue weighted by atomic mass is 9.93. The Morgan fingerprint density at radius 2 is 1.95 bits per heavy atom. The minimum atomic E-state index is -0.762. The second kappa shape index (κ2) is 8.92. The molecule has 1 saturated heterocycles. The predicted octanol–water partition coefficient (Wildman–Crippen LogP) is 1.14. The average molecular weight is 287 g/mol. The van der Waals surface area contributed by atoms with E-state index >= 15 is 0 Å². The molecule has 0 aromatic heterocycles. The molecule has 1 unspecified atom stereocenters. The number of nitrogens with zero attached hydrogens (tertiary/aromatic N) is 1. The third kappa shape index (κ3) is 5.88. The number of hydrogen-bond donors (Lipinski definition) is 1. The molecule has 116 valence electrons. The van der Waals surface area contributed by atoms with E-state index in [9.17, 15) is 9.59 Å². The van der Waals surface area contributed by atoms with Gasteiger partial charge in [-0.3, -0.25) is 9.59 Å². The van der Waals surface area contributed by atoms with Gasteiger partial charge < -0.3 is 19.5 Å². The molecule has 0 aromatic carbocycles. The molecule has 1 aliphatic heterocycles. The molecule has 6 heteroatoms.